The van der Waals surface area contributed by atoms with Gasteiger partial charge in [-0.2, -0.15) is 0 Å². The van der Waals surface area contributed by atoms with Gasteiger partial charge in [0.15, 0.2) is 0 Å². The summed E-state index contributed by atoms with van der Waals surface area (Å²) in [6, 6.07) is -0.580. The van der Waals surface area contributed by atoms with E-state index in [4.69, 9.17) is 4.74 Å². The highest BCUT2D eigenvalue weighted by atomic mass is 16.5. The quantitative estimate of drug-likeness (QED) is 0.0321. The van der Waals surface area contributed by atoms with Gasteiger partial charge in [-0.25, -0.2) is 0 Å². The van der Waals surface area contributed by atoms with E-state index in [0.717, 1.165) is 70.6 Å². The standard InChI is InChI=1S/C59H113NO5/c1-3-5-7-9-11-13-15-17-19-21-23-25-26-28-30-32-35-39-43-47-51-57(62)56(55-61)60-58(63)52-48-44-40-36-34-38-42-46-50-54-65-59(64)53-49-45-41-37-33-31-29-27-24-22-20-18-16-14-12-10-8-6-4-2/h18,20,36,40,56-57,61-62H,3-17,19,21-35,37-39,41-55H2,1-2H3,(H,60,63)/b20-18-,40-36-. The number of esters is 1. The van der Waals surface area contributed by atoms with Gasteiger partial charge in [0.25, 0.3) is 0 Å². The normalized spacial score (nSPS) is 12.7. The number of allylic oxidation sites excluding steroid dienone is 4. The van der Waals surface area contributed by atoms with Gasteiger partial charge in [-0.05, 0) is 70.6 Å². The van der Waals surface area contributed by atoms with Gasteiger partial charge < -0.3 is 20.3 Å². The van der Waals surface area contributed by atoms with Crippen molar-refractivity contribution >= 4 is 11.9 Å². The SMILES string of the molecule is CCCCCCCC/C=C\CCCCCCCCCCCC(=O)OCCCCCC/C=C\CCCC(=O)NC(CO)C(O)CCCCCCCCCCCCCCCCCCCCCC. The van der Waals surface area contributed by atoms with E-state index in [1.54, 1.807) is 0 Å². The summed E-state index contributed by atoms with van der Waals surface area (Å²) in [4.78, 5) is 24.6. The Morgan fingerprint density at radius 3 is 1.12 bits per heavy atom. The van der Waals surface area contributed by atoms with Crippen molar-refractivity contribution in [2.75, 3.05) is 13.2 Å². The first-order chi connectivity index (χ1) is 32.0. The lowest BCUT2D eigenvalue weighted by Gasteiger charge is -2.22. The first-order valence-corrected chi connectivity index (χ1v) is 29.1. The molecule has 6 nitrogen and oxygen atoms in total. The van der Waals surface area contributed by atoms with Crippen molar-refractivity contribution in [3.05, 3.63) is 24.3 Å². The highest BCUT2D eigenvalue weighted by Gasteiger charge is 2.20. The number of aliphatic hydroxyl groups is 2. The van der Waals surface area contributed by atoms with Crippen LogP contribution in [0.4, 0.5) is 0 Å². The third-order valence-corrected chi connectivity index (χ3v) is 13.5. The smallest absolute Gasteiger partial charge is 0.305 e. The Balaban J connectivity index is 3.50. The average Bonchev–Trinajstić information content (AvgIpc) is 3.31. The van der Waals surface area contributed by atoms with Crippen LogP contribution in [0.15, 0.2) is 24.3 Å². The van der Waals surface area contributed by atoms with Crippen LogP contribution in [0.1, 0.15) is 316 Å². The number of nitrogens with one attached hydrogen (secondary N) is 1. The monoisotopic (exact) mass is 916 g/mol. The molecule has 2 atom stereocenters. The van der Waals surface area contributed by atoms with Gasteiger partial charge >= 0.3 is 5.97 Å². The van der Waals surface area contributed by atoms with Crippen molar-refractivity contribution in [2.45, 2.75) is 328 Å². The molecule has 384 valence electrons. The summed E-state index contributed by atoms with van der Waals surface area (Å²) in [7, 11) is 0. The van der Waals surface area contributed by atoms with Crippen LogP contribution in [0, 0.1) is 0 Å². The van der Waals surface area contributed by atoms with Crippen LogP contribution in [0.25, 0.3) is 0 Å². The molecule has 2 unspecified atom stereocenters. The summed E-state index contributed by atoms with van der Waals surface area (Å²) in [6.45, 7) is 4.88. The van der Waals surface area contributed by atoms with Gasteiger partial charge in [-0.1, -0.05) is 256 Å². The van der Waals surface area contributed by atoms with Crippen LogP contribution >= 0.6 is 0 Å². The molecule has 0 aliphatic heterocycles. The number of unbranched alkanes of at least 4 members (excludes halogenated alkanes) is 39. The molecule has 0 aromatic rings. The van der Waals surface area contributed by atoms with Crippen LogP contribution in [0.2, 0.25) is 0 Å². The summed E-state index contributed by atoms with van der Waals surface area (Å²) in [6.07, 6.45) is 66.0. The molecule has 65 heavy (non-hydrogen) atoms. The van der Waals surface area contributed by atoms with Gasteiger partial charge in [-0.15, -0.1) is 0 Å². The maximum absolute atomic E-state index is 12.5. The Kier molecular flexibility index (Phi) is 53.5. The maximum Gasteiger partial charge on any atom is 0.305 e. The number of hydrogen-bond donors (Lipinski definition) is 3. The van der Waals surface area contributed by atoms with E-state index in [0.29, 0.717) is 25.9 Å². The van der Waals surface area contributed by atoms with Crippen LogP contribution < -0.4 is 5.32 Å². The second kappa shape index (κ2) is 54.9. The molecule has 0 aromatic heterocycles. The highest BCUT2D eigenvalue weighted by Crippen LogP contribution is 2.17. The van der Waals surface area contributed by atoms with Gasteiger partial charge in [0.1, 0.15) is 0 Å². The van der Waals surface area contributed by atoms with E-state index >= 15 is 0 Å². The van der Waals surface area contributed by atoms with Crippen LogP contribution in [0.3, 0.4) is 0 Å². The molecule has 3 N–H and O–H groups in total. The Morgan fingerprint density at radius 1 is 0.415 bits per heavy atom. The summed E-state index contributed by atoms with van der Waals surface area (Å²) in [5, 5.41) is 23.3. The minimum Gasteiger partial charge on any atom is -0.466 e. The van der Waals surface area contributed by atoms with E-state index < -0.39 is 12.1 Å². The minimum atomic E-state index is -0.696. The van der Waals surface area contributed by atoms with Crippen LogP contribution in [-0.4, -0.2) is 47.4 Å². The van der Waals surface area contributed by atoms with Gasteiger partial charge in [-0.3, -0.25) is 9.59 Å². The second-order valence-electron chi connectivity index (χ2n) is 20.0. The molecule has 0 saturated heterocycles. The predicted octanol–water partition coefficient (Wildman–Crippen LogP) is 17.9. The number of ether oxygens (including phenoxy) is 1. The molecule has 0 aromatic carbocycles. The molecule has 6 heteroatoms. The minimum absolute atomic E-state index is 0.0353. The molecule has 0 fully saturated rings. The molecule has 0 saturated carbocycles. The van der Waals surface area contributed by atoms with Crippen LogP contribution in [0.5, 0.6) is 0 Å². The Hall–Kier alpha value is -1.66. The zero-order valence-corrected chi connectivity index (χ0v) is 43.7. The van der Waals surface area contributed by atoms with Gasteiger partial charge in [0.05, 0.1) is 25.4 Å². The first kappa shape index (κ1) is 63.3. The number of aliphatic hydroxyl groups excluding tert-OH is 2. The van der Waals surface area contributed by atoms with Crippen molar-refractivity contribution in [3.8, 4) is 0 Å². The van der Waals surface area contributed by atoms with E-state index in [2.05, 4.69) is 43.5 Å². The predicted molar refractivity (Wildman–Crippen MR) is 283 cm³/mol. The number of hydrogen-bond acceptors (Lipinski definition) is 5. The molecule has 0 spiro atoms. The topological polar surface area (TPSA) is 95.9 Å². The highest BCUT2D eigenvalue weighted by molar-refractivity contribution is 5.76. The molecule has 1 amide bonds. The fraction of sp³-hybridized carbons (Fsp3) is 0.898. The third-order valence-electron chi connectivity index (χ3n) is 13.5. The summed E-state index contributed by atoms with van der Waals surface area (Å²) in [5.41, 5.74) is 0. The van der Waals surface area contributed by atoms with E-state index in [9.17, 15) is 19.8 Å². The molecule has 0 aliphatic rings. The summed E-state index contributed by atoms with van der Waals surface area (Å²) < 4.78 is 5.46. The van der Waals surface area contributed by atoms with Crippen molar-refractivity contribution in [1.29, 1.82) is 0 Å². The lowest BCUT2D eigenvalue weighted by atomic mass is 10.0. The molecule has 0 heterocycles. The Bertz CT molecular complexity index is 1010. The number of amides is 1. The number of carbonyl (C=O) groups is 2. The average molecular weight is 917 g/mol. The molecular weight excluding hydrogens is 803 g/mol. The Morgan fingerprint density at radius 2 is 0.738 bits per heavy atom. The summed E-state index contributed by atoms with van der Waals surface area (Å²) >= 11 is 0. The first-order valence-electron chi connectivity index (χ1n) is 29.1. The fourth-order valence-electron chi connectivity index (χ4n) is 8.99. The number of rotatable bonds is 54. The molecule has 0 radical (unpaired) electrons. The molecule has 0 bridgehead atoms. The van der Waals surface area contributed by atoms with Crippen molar-refractivity contribution in [2.24, 2.45) is 0 Å². The largest absolute Gasteiger partial charge is 0.466 e. The molecule has 0 aliphatic carbocycles. The lowest BCUT2D eigenvalue weighted by molar-refractivity contribution is -0.143. The van der Waals surface area contributed by atoms with Crippen LogP contribution in [-0.2, 0) is 14.3 Å². The summed E-state index contributed by atoms with van der Waals surface area (Å²) in [5.74, 6) is -0.128. The lowest BCUT2D eigenvalue weighted by Crippen LogP contribution is -2.45. The zero-order chi connectivity index (χ0) is 47.2. The fourth-order valence-corrected chi connectivity index (χ4v) is 8.99. The molecular formula is C59H113NO5. The maximum atomic E-state index is 12.5. The zero-order valence-electron chi connectivity index (χ0n) is 43.7. The van der Waals surface area contributed by atoms with E-state index in [1.165, 1.54) is 212 Å². The van der Waals surface area contributed by atoms with Crippen molar-refractivity contribution in [3.63, 3.8) is 0 Å². The van der Waals surface area contributed by atoms with Crippen molar-refractivity contribution in [1.82, 2.24) is 5.32 Å². The Labute approximate surface area is 405 Å². The van der Waals surface area contributed by atoms with E-state index in [-0.39, 0.29) is 18.5 Å². The van der Waals surface area contributed by atoms with Gasteiger partial charge in [0, 0.05) is 12.8 Å². The second-order valence-corrected chi connectivity index (χ2v) is 20.0. The number of carbonyl (C=O) groups excluding carboxylic acids is 2. The molecule has 0 rings (SSSR count). The van der Waals surface area contributed by atoms with Gasteiger partial charge in [0.2, 0.25) is 5.91 Å². The third kappa shape index (κ3) is 51.6. The van der Waals surface area contributed by atoms with Crippen molar-refractivity contribution < 1.29 is 24.5 Å². The van der Waals surface area contributed by atoms with E-state index in [1.807, 2.05) is 0 Å².